The Labute approximate surface area is 170 Å². The number of alkyl carbamates (subject to hydrolysis) is 1. The molecule has 1 heterocycles. The Balaban J connectivity index is 1.97. The van der Waals surface area contributed by atoms with Crippen molar-refractivity contribution in [1.82, 2.24) is 5.32 Å². The van der Waals surface area contributed by atoms with Gasteiger partial charge in [-0.15, -0.1) is 0 Å². The van der Waals surface area contributed by atoms with Gasteiger partial charge >= 0.3 is 6.09 Å². The molecule has 2 aliphatic rings. The molecule has 1 aliphatic carbocycles. The van der Waals surface area contributed by atoms with Crippen molar-refractivity contribution in [3.8, 4) is 0 Å². The minimum absolute atomic E-state index is 0.0733. The molecule has 1 amide bonds. The van der Waals surface area contributed by atoms with Crippen molar-refractivity contribution in [1.29, 1.82) is 0 Å². The third-order valence-electron chi connectivity index (χ3n) is 5.27. The number of anilines is 1. The van der Waals surface area contributed by atoms with Gasteiger partial charge in [0.15, 0.2) is 5.17 Å². The van der Waals surface area contributed by atoms with E-state index in [0.717, 1.165) is 25.7 Å². The summed E-state index contributed by atoms with van der Waals surface area (Å²) < 4.78 is 20.0. The van der Waals surface area contributed by atoms with Crippen LogP contribution in [0.3, 0.4) is 0 Å². The summed E-state index contributed by atoms with van der Waals surface area (Å²) in [7, 11) is 0. The maximum Gasteiger partial charge on any atom is 0.413 e. The lowest BCUT2D eigenvalue weighted by molar-refractivity contribution is 0.0564. The van der Waals surface area contributed by atoms with Gasteiger partial charge in [0, 0.05) is 16.0 Å². The molecule has 1 unspecified atom stereocenters. The van der Waals surface area contributed by atoms with Crippen molar-refractivity contribution in [3.63, 3.8) is 0 Å². The Hall–Kier alpha value is -1.76. The lowest BCUT2D eigenvalue weighted by Gasteiger charge is -2.46. The Kier molecular flexibility index (Phi) is 5.67. The Morgan fingerprint density at radius 2 is 1.96 bits per heavy atom. The van der Waals surface area contributed by atoms with Crippen LogP contribution in [0.1, 0.15) is 71.8 Å². The SMILES string of the molecule is CC(C)(C)OC(=O)NC1=NC(C)(c2cc(N)ccc2F)CC2(CCCCC2)S1. The number of nitrogens with zero attached hydrogens (tertiary/aromatic N) is 1. The van der Waals surface area contributed by atoms with Crippen LogP contribution in [0.5, 0.6) is 0 Å². The fourth-order valence-electron chi connectivity index (χ4n) is 4.19. The highest BCUT2D eigenvalue weighted by atomic mass is 32.2. The number of hydrogen-bond donors (Lipinski definition) is 2. The smallest absolute Gasteiger partial charge is 0.413 e. The first-order valence-corrected chi connectivity index (χ1v) is 10.7. The molecule has 154 valence electrons. The molecule has 1 aromatic rings. The number of amidine groups is 1. The standard InChI is InChI=1S/C21H30FN3O2S/c1-19(2,3)27-18(26)24-17-25-20(4,15-12-14(23)8-9-16(15)22)13-21(28-17)10-6-5-7-11-21/h8-9,12H,5-7,10-11,13,23H2,1-4H3,(H,24,25,26). The predicted molar refractivity (Wildman–Crippen MR) is 113 cm³/mol. The first kappa shape index (κ1) is 21.0. The third-order valence-corrected chi connectivity index (χ3v) is 6.64. The minimum Gasteiger partial charge on any atom is -0.444 e. The number of nitrogens with one attached hydrogen (secondary N) is 1. The quantitative estimate of drug-likeness (QED) is 0.616. The number of nitrogens with two attached hydrogens (primary N) is 1. The van der Waals surface area contributed by atoms with Gasteiger partial charge in [0.25, 0.3) is 0 Å². The van der Waals surface area contributed by atoms with Crippen molar-refractivity contribution in [2.45, 2.75) is 82.1 Å². The number of carbonyl (C=O) groups excluding carboxylic acids is 1. The van der Waals surface area contributed by atoms with Crippen LogP contribution in [0.15, 0.2) is 23.2 Å². The molecule has 0 bridgehead atoms. The molecular weight excluding hydrogens is 377 g/mol. The van der Waals surface area contributed by atoms with E-state index in [0.29, 0.717) is 22.8 Å². The zero-order valence-electron chi connectivity index (χ0n) is 17.1. The first-order chi connectivity index (χ1) is 13.0. The second-order valence-corrected chi connectivity index (χ2v) is 10.5. The maximum absolute atomic E-state index is 14.7. The molecule has 3 N–H and O–H groups in total. The molecule has 28 heavy (non-hydrogen) atoms. The molecule has 0 saturated heterocycles. The molecule has 3 rings (SSSR count). The van der Waals surface area contributed by atoms with Crippen LogP contribution >= 0.6 is 11.8 Å². The topological polar surface area (TPSA) is 76.7 Å². The fraction of sp³-hybridized carbons (Fsp3) is 0.619. The van der Waals surface area contributed by atoms with Gasteiger partial charge in [-0.2, -0.15) is 0 Å². The zero-order valence-corrected chi connectivity index (χ0v) is 17.9. The normalized spacial score (nSPS) is 24.5. The van der Waals surface area contributed by atoms with Crippen molar-refractivity contribution in [2.75, 3.05) is 5.73 Å². The molecule has 1 saturated carbocycles. The molecule has 0 radical (unpaired) electrons. The monoisotopic (exact) mass is 407 g/mol. The molecule has 5 nitrogen and oxygen atoms in total. The van der Waals surface area contributed by atoms with E-state index in [4.69, 9.17) is 15.5 Å². The molecule has 1 aromatic carbocycles. The van der Waals surface area contributed by atoms with E-state index in [9.17, 15) is 9.18 Å². The molecule has 1 fully saturated rings. The number of carbonyl (C=O) groups is 1. The maximum atomic E-state index is 14.7. The van der Waals surface area contributed by atoms with Gasteiger partial charge in [-0.3, -0.25) is 10.3 Å². The Bertz CT molecular complexity index is 784. The Morgan fingerprint density at radius 1 is 1.29 bits per heavy atom. The van der Waals surface area contributed by atoms with Gasteiger partial charge in [0.05, 0.1) is 5.54 Å². The van der Waals surface area contributed by atoms with Crippen LogP contribution in [-0.4, -0.2) is 21.6 Å². The highest BCUT2D eigenvalue weighted by Gasteiger charge is 2.47. The summed E-state index contributed by atoms with van der Waals surface area (Å²) in [5.74, 6) is -0.324. The molecule has 1 aliphatic heterocycles. The van der Waals surface area contributed by atoms with E-state index in [1.165, 1.54) is 12.5 Å². The van der Waals surface area contributed by atoms with Crippen LogP contribution in [0.2, 0.25) is 0 Å². The number of ether oxygens (including phenoxy) is 1. The number of halogens is 1. The number of amides is 1. The minimum atomic E-state index is -0.799. The molecule has 1 spiro atoms. The number of hydrogen-bond acceptors (Lipinski definition) is 5. The number of thioether (sulfide) groups is 1. The van der Waals surface area contributed by atoms with E-state index in [1.807, 2.05) is 27.7 Å². The lowest BCUT2D eigenvalue weighted by Crippen LogP contribution is -2.46. The van der Waals surface area contributed by atoms with Crippen LogP contribution in [0.25, 0.3) is 0 Å². The summed E-state index contributed by atoms with van der Waals surface area (Å²) in [4.78, 5) is 17.1. The summed E-state index contributed by atoms with van der Waals surface area (Å²) in [6.45, 7) is 7.38. The second kappa shape index (κ2) is 7.58. The molecule has 0 aromatic heterocycles. The number of rotatable bonds is 1. The van der Waals surface area contributed by atoms with Crippen LogP contribution in [0, 0.1) is 5.82 Å². The predicted octanol–water partition coefficient (Wildman–Crippen LogP) is 5.34. The summed E-state index contributed by atoms with van der Waals surface area (Å²) in [6.07, 6.45) is 5.67. The average molecular weight is 408 g/mol. The first-order valence-electron chi connectivity index (χ1n) is 9.85. The highest BCUT2D eigenvalue weighted by Crippen LogP contribution is 2.52. The summed E-state index contributed by atoms with van der Waals surface area (Å²) >= 11 is 1.60. The van der Waals surface area contributed by atoms with E-state index in [-0.39, 0.29) is 10.6 Å². The van der Waals surface area contributed by atoms with Gasteiger partial charge in [-0.25, -0.2) is 9.18 Å². The lowest BCUT2D eigenvalue weighted by atomic mass is 9.76. The number of aliphatic imine (C=N–C) groups is 1. The van der Waals surface area contributed by atoms with Gasteiger partial charge < -0.3 is 10.5 Å². The molecular formula is C21H30FN3O2S. The van der Waals surface area contributed by atoms with Crippen molar-refractivity contribution < 1.29 is 13.9 Å². The van der Waals surface area contributed by atoms with Gasteiger partial charge in [0.1, 0.15) is 11.4 Å². The number of benzene rings is 1. The third kappa shape index (κ3) is 4.80. The van der Waals surface area contributed by atoms with E-state index < -0.39 is 17.2 Å². The summed E-state index contributed by atoms with van der Waals surface area (Å²) in [5.41, 5.74) is 5.52. The van der Waals surface area contributed by atoms with E-state index in [1.54, 1.807) is 23.9 Å². The van der Waals surface area contributed by atoms with Gasteiger partial charge in [-0.05, 0) is 65.2 Å². The van der Waals surface area contributed by atoms with Gasteiger partial charge in [0.2, 0.25) is 0 Å². The highest BCUT2D eigenvalue weighted by molar-refractivity contribution is 8.15. The van der Waals surface area contributed by atoms with Crippen LogP contribution in [-0.2, 0) is 10.3 Å². The number of nitrogen functional groups attached to an aromatic ring is 1. The van der Waals surface area contributed by atoms with E-state index >= 15 is 0 Å². The average Bonchev–Trinajstić information content (AvgIpc) is 2.55. The largest absolute Gasteiger partial charge is 0.444 e. The molecule has 1 atom stereocenters. The van der Waals surface area contributed by atoms with Crippen LogP contribution in [0.4, 0.5) is 14.9 Å². The van der Waals surface area contributed by atoms with Gasteiger partial charge in [-0.1, -0.05) is 31.0 Å². The van der Waals surface area contributed by atoms with Crippen molar-refractivity contribution >= 4 is 28.7 Å². The van der Waals surface area contributed by atoms with Crippen molar-refractivity contribution in [3.05, 3.63) is 29.6 Å². The summed E-state index contributed by atoms with van der Waals surface area (Å²) in [5, 5.41) is 3.30. The Morgan fingerprint density at radius 3 is 2.61 bits per heavy atom. The second-order valence-electron chi connectivity index (χ2n) is 9.08. The van der Waals surface area contributed by atoms with E-state index in [2.05, 4.69) is 5.32 Å². The van der Waals surface area contributed by atoms with Crippen molar-refractivity contribution in [2.24, 2.45) is 4.99 Å². The van der Waals surface area contributed by atoms with Crippen LogP contribution < -0.4 is 11.1 Å². The zero-order chi connectivity index (χ0) is 20.6. The summed E-state index contributed by atoms with van der Waals surface area (Å²) in [6, 6.07) is 4.61. The fourth-order valence-corrected chi connectivity index (χ4v) is 5.82. The molecule has 7 heteroatoms.